The molecule has 0 amide bonds. The molecule has 5 heteroatoms. The second-order valence-corrected chi connectivity index (χ2v) is 4.40. The molecule has 1 N–H and O–H groups in total. The second kappa shape index (κ2) is 6.52. The molecule has 1 atom stereocenters. The fraction of sp³-hybridized carbons (Fsp3) is 0.267. The summed E-state index contributed by atoms with van der Waals surface area (Å²) >= 11 is 0. The molecule has 1 aromatic carbocycles. The quantitative estimate of drug-likeness (QED) is 0.849. The molecule has 0 saturated heterocycles. The number of hydrogen-bond donors (Lipinski definition) is 1. The predicted molar refractivity (Wildman–Crippen MR) is 70.7 cm³/mol. The van der Waals surface area contributed by atoms with Gasteiger partial charge in [0.1, 0.15) is 0 Å². The Kier molecular flexibility index (Phi) is 4.74. The van der Waals surface area contributed by atoms with Crippen LogP contribution in [0.1, 0.15) is 24.2 Å². The van der Waals surface area contributed by atoms with Gasteiger partial charge in [0.25, 0.3) is 0 Å². The lowest BCUT2D eigenvalue weighted by Gasteiger charge is -2.19. The van der Waals surface area contributed by atoms with Gasteiger partial charge in [-0.25, -0.2) is 13.2 Å². The van der Waals surface area contributed by atoms with Crippen LogP contribution in [0.2, 0.25) is 0 Å². The number of nitrogens with one attached hydrogen (secondary N) is 1. The van der Waals surface area contributed by atoms with Gasteiger partial charge in [-0.2, -0.15) is 0 Å². The number of halogens is 3. The molecule has 1 unspecified atom stereocenters. The van der Waals surface area contributed by atoms with E-state index in [1.54, 1.807) is 12.3 Å². The lowest BCUT2D eigenvalue weighted by Crippen LogP contribution is -2.24. The van der Waals surface area contributed by atoms with Crippen molar-refractivity contribution in [3.05, 3.63) is 65.2 Å². The predicted octanol–water partition coefficient (Wildman–Crippen LogP) is 3.39. The SMILES string of the molecule is CCNC(Cc1ccccn1)c1ccc(F)c(F)c1F. The number of hydrogen-bond acceptors (Lipinski definition) is 2. The van der Waals surface area contributed by atoms with Crippen molar-refractivity contribution in [3.63, 3.8) is 0 Å². The van der Waals surface area contributed by atoms with Crippen molar-refractivity contribution in [2.24, 2.45) is 0 Å². The molecule has 0 aliphatic heterocycles. The van der Waals surface area contributed by atoms with Crippen molar-refractivity contribution in [3.8, 4) is 0 Å². The lowest BCUT2D eigenvalue weighted by molar-refractivity contribution is 0.424. The van der Waals surface area contributed by atoms with Crippen molar-refractivity contribution in [2.45, 2.75) is 19.4 Å². The molecule has 1 heterocycles. The van der Waals surface area contributed by atoms with Gasteiger partial charge in [0.2, 0.25) is 0 Å². The molecule has 20 heavy (non-hydrogen) atoms. The minimum Gasteiger partial charge on any atom is -0.310 e. The Morgan fingerprint density at radius 2 is 1.90 bits per heavy atom. The highest BCUT2D eigenvalue weighted by atomic mass is 19.2. The van der Waals surface area contributed by atoms with Crippen LogP contribution in [0.5, 0.6) is 0 Å². The average Bonchev–Trinajstić information content (AvgIpc) is 2.46. The van der Waals surface area contributed by atoms with Crippen molar-refractivity contribution < 1.29 is 13.2 Å². The van der Waals surface area contributed by atoms with Gasteiger partial charge < -0.3 is 5.32 Å². The minimum absolute atomic E-state index is 0.108. The fourth-order valence-electron chi connectivity index (χ4n) is 2.08. The van der Waals surface area contributed by atoms with E-state index in [0.29, 0.717) is 13.0 Å². The van der Waals surface area contributed by atoms with Gasteiger partial charge in [-0.05, 0) is 24.7 Å². The molecule has 0 bridgehead atoms. The van der Waals surface area contributed by atoms with E-state index in [9.17, 15) is 13.2 Å². The molecule has 106 valence electrons. The van der Waals surface area contributed by atoms with Gasteiger partial charge in [-0.1, -0.05) is 19.1 Å². The van der Waals surface area contributed by atoms with Gasteiger partial charge in [0.05, 0.1) is 0 Å². The summed E-state index contributed by atoms with van der Waals surface area (Å²) in [6.07, 6.45) is 2.04. The first-order valence-corrected chi connectivity index (χ1v) is 6.40. The van der Waals surface area contributed by atoms with Crippen molar-refractivity contribution >= 4 is 0 Å². The molecule has 1 aromatic heterocycles. The topological polar surface area (TPSA) is 24.9 Å². The molecule has 0 saturated carbocycles. The van der Waals surface area contributed by atoms with Gasteiger partial charge >= 0.3 is 0 Å². The summed E-state index contributed by atoms with van der Waals surface area (Å²) in [7, 11) is 0. The smallest absolute Gasteiger partial charge is 0.194 e. The average molecular weight is 280 g/mol. The minimum atomic E-state index is -1.44. The van der Waals surface area contributed by atoms with Crippen LogP contribution in [0.3, 0.4) is 0 Å². The summed E-state index contributed by atoms with van der Waals surface area (Å²) in [4.78, 5) is 4.17. The maximum atomic E-state index is 13.9. The number of aromatic nitrogens is 1. The molecule has 0 spiro atoms. The van der Waals surface area contributed by atoms with E-state index in [0.717, 1.165) is 11.8 Å². The summed E-state index contributed by atoms with van der Waals surface area (Å²) in [5.74, 6) is -3.77. The van der Waals surface area contributed by atoms with E-state index in [2.05, 4.69) is 10.3 Å². The summed E-state index contributed by atoms with van der Waals surface area (Å²) < 4.78 is 40.2. The van der Waals surface area contributed by atoms with Crippen molar-refractivity contribution in [2.75, 3.05) is 6.54 Å². The van der Waals surface area contributed by atoms with E-state index < -0.39 is 23.5 Å². The third kappa shape index (κ3) is 3.17. The molecule has 0 aliphatic carbocycles. The third-order valence-corrected chi connectivity index (χ3v) is 3.03. The Morgan fingerprint density at radius 1 is 1.10 bits per heavy atom. The highest BCUT2D eigenvalue weighted by Crippen LogP contribution is 2.23. The molecule has 0 fully saturated rings. The fourth-order valence-corrected chi connectivity index (χ4v) is 2.08. The van der Waals surface area contributed by atoms with Crippen LogP contribution in [-0.2, 0) is 6.42 Å². The van der Waals surface area contributed by atoms with Gasteiger partial charge in [0, 0.05) is 29.9 Å². The van der Waals surface area contributed by atoms with Crippen LogP contribution < -0.4 is 5.32 Å². The number of pyridine rings is 1. The first-order chi connectivity index (χ1) is 9.63. The molecule has 2 nitrogen and oxygen atoms in total. The number of benzene rings is 1. The first kappa shape index (κ1) is 14.5. The zero-order valence-corrected chi connectivity index (χ0v) is 11.0. The molecular formula is C15H15F3N2. The standard InChI is InChI=1S/C15H15F3N2/c1-2-19-13(9-10-5-3-4-8-20-10)11-6-7-12(16)15(18)14(11)17/h3-8,13,19H,2,9H2,1H3. The van der Waals surface area contributed by atoms with Crippen LogP contribution in [0.15, 0.2) is 36.5 Å². The van der Waals surface area contributed by atoms with Crippen LogP contribution in [0.4, 0.5) is 13.2 Å². The Hall–Kier alpha value is -1.88. The number of likely N-dealkylation sites (N-methyl/N-ethyl adjacent to an activating group) is 1. The second-order valence-electron chi connectivity index (χ2n) is 4.40. The third-order valence-electron chi connectivity index (χ3n) is 3.03. The molecule has 2 aromatic rings. The first-order valence-electron chi connectivity index (χ1n) is 6.40. The van der Waals surface area contributed by atoms with Crippen molar-refractivity contribution in [1.29, 1.82) is 0 Å². The van der Waals surface area contributed by atoms with Crippen LogP contribution >= 0.6 is 0 Å². The van der Waals surface area contributed by atoms with E-state index in [-0.39, 0.29) is 5.56 Å². The van der Waals surface area contributed by atoms with Crippen molar-refractivity contribution in [1.82, 2.24) is 10.3 Å². The zero-order valence-electron chi connectivity index (χ0n) is 11.0. The monoisotopic (exact) mass is 280 g/mol. The van der Waals surface area contributed by atoms with Crippen LogP contribution in [-0.4, -0.2) is 11.5 Å². The normalized spacial score (nSPS) is 12.4. The van der Waals surface area contributed by atoms with E-state index in [4.69, 9.17) is 0 Å². The maximum absolute atomic E-state index is 13.9. The van der Waals surface area contributed by atoms with Gasteiger partial charge in [-0.3, -0.25) is 4.98 Å². The number of nitrogens with zero attached hydrogens (tertiary/aromatic N) is 1. The Balaban J connectivity index is 2.31. The molecule has 0 radical (unpaired) electrons. The summed E-state index contributed by atoms with van der Waals surface area (Å²) in [5.41, 5.74) is 0.860. The van der Waals surface area contributed by atoms with Crippen LogP contribution in [0.25, 0.3) is 0 Å². The highest BCUT2D eigenvalue weighted by molar-refractivity contribution is 5.25. The van der Waals surface area contributed by atoms with E-state index >= 15 is 0 Å². The largest absolute Gasteiger partial charge is 0.310 e. The Bertz CT molecular complexity index is 573. The molecule has 2 rings (SSSR count). The molecular weight excluding hydrogens is 265 g/mol. The van der Waals surface area contributed by atoms with E-state index in [1.807, 2.05) is 19.1 Å². The summed E-state index contributed by atoms with van der Waals surface area (Å²) in [6, 6.07) is 7.17. The van der Waals surface area contributed by atoms with Gasteiger partial charge in [0.15, 0.2) is 17.5 Å². The molecule has 0 aliphatic rings. The Morgan fingerprint density at radius 3 is 2.55 bits per heavy atom. The summed E-state index contributed by atoms with van der Waals surface area (Å²) in [5, 5.41) is 3.07. The Labute approximate surface area is 115 Å². The highest BCUT2D eigenvalue weighted by Gasteiger charge is 2.20. The van der Waals surface area contributed by atoms with Gasteiger partial charge in [-0.15, -0.1) is 0 Å². The lowest BCUT2D eigenvalue weighted by atomic mass is 10.0. The van der Waals surface area contributed by atoms with E-state index in [1.165, 1.54) is 6.07 Å². The number of rotatable bonds is 5. The zero-order chi connectivity index (χ0) is 14.5. The van der Waals surface area contributed by atoms with Crippen LogP contribution in [0, 0.1) is 17.5 Å². The maximum Gasteiger partial charge on any atom is 0.194 e. The summed E-state index contributed by atoms with van der Waals surface area (Å²) in [6.45, 7) is 2.44.